The Morgan fingerprint density at radius 3 is 2.56 bits per heavy atom. The molecule has 0 amide bonds. The molecule has 4 rings (SSSR count). The first-order valence-corrected chi connectivity index (χ1v) is 10.6. The van der Waals surface area contributed by atoms with E-state index < -0.39 is 12.3 Å². The largest absolute Gasteiger partial charge is 0.573 e. The van der Waals surface area contributed by atoms with E-state index in [9.17, 15) is 23.1 Å². The van der Waals surface area contributed by atoms with Crippen molar-refractivity contribution in [3.63, 3.8) is 0 Å². The van der Waals surface area contributed by atoms with Gasteiger partial charge in [-0.1, -0.05) is 32.4 Å². The number of hydrogen-bond acceptors (Lipinski definition) is 3. The molecule has 1 aliphatic rings. The number of aromatic nitrogens is 2. The Kier molecular flexibility index (Phi) is 5.65. The number of carboxylic acid groups (broad SMARTS) is 1. The van der Waals surface area contributed by atoms with E-state index in [4.69, 9.17) is 4.98 Å². The van der Waals surface area contributed by atoms with Crippen LogP contribution in [0.3, 0.4) is 0 Å². The van der Waals surface area contributed by atoms with Crippen molar-refractivity contribution in [1.29, 1.82) is 0 Å². The maximum atomic E-state index is 12.4. The highest BCUT2D eigenvalue weighted by Gasteiger charge is 2.32. The van der Waals surface area contributed by atoms with Crippen LogP contribution >= 0.6 is 0 Å². The molecule has 0 aliphatic heterocycles. The lowest BCUT2D eigenvalue weighted by Gasteiger charge is -2.36. The number of rotatable bonds is 5. The number of benzene rings is 2. The topological polar surface area (TPSA) is 64.4 Å². The van der Waals surface area contributed by atoms with Crippen LogP contribution in [0.15, 0.2) is 42.5 Å². The standard InChI is InChI=1S/C24H25F3N2O3/c1-23(2)11-3-4-17(14-23)29-20-10-7-16(22(30)31)13-19(20)28-21(29)12-15-5-8-18(9-6-15)32-24(25,26)27/h5-10,13,17H,3-4,11-12,14H2,1-2H3,(H,30,31)/t17-/m0/s1. The maximum absolute atomic E-state index is 12.4. The maximum Gasteiger partial charge on any atom is 0.573 e. The fourth-order valence-corrected chi connectivity index (χ4v) is 4.68. The van der Waals surface area contributed by atoms with E-state index >= 15 is 0 Å². The second-order valence-corrected chi connectivity index (χ2v) is 9.19. The molecule has 1 heterocycles. The summed E-state index contributed by atoms with van der Waals surface area (Å²) in [6.45, 7) is 4.50. The Bertz CT molecular complexity index is 1130. The second kappa shape index (κ2) is 8.15. The third-order valence-corrected chi connectivity index (χ3v) is 6.07. The van der Waals surface area contributed by atoms with Gasteiger partial charge in [0.05, 0.1) is 16.6 Å². The number of nitrogens with zero attached hydrogens (tertiary/aromatic N) is 2. The van der Waals surface area contributed by atoms with Crippen LogP contribution in [0, 0.1) is 5.41 Å². The van der Waals surface area contributed by atoms with Gasteiger partial charge in [0.15, 0.2) is 0 Å². The molecule has 0 bridgehead atoms. The van der Waals surface area contributed by atoms with Crippen LogP contribution in [0.4, 0.5) is 13.2 Å². The molecule has 32 heavy (non-hydrogen) atoms. The molecule has 1 aromatic heterocycles. The number of imidazole rings is 1. The first-order valence-electron chi connectivity index (χ1n) is 10.6. The van der Waals surface area contributed by atoms with Crippen LogP contribution in [0.1, 0.15) is 67.3 Å². The molecular formula is C24H25F3N2O3. The molecule has 2 aromatic carbocycles. The van der Waals surface area contributed by atoms with Crippen LogP contribution in [0.2, 0.25) is 0 Å². The average molecular weight is 446 g/mol. The molecule has 0 spiro atoms. The molecule has 0 radical (unpaired) electrons. The van der Waals surface area contributed by atoms with Gasteiger partial charge in [0.1, 0.15) is 11.6 Å². The Morgan fingerprint density at radius 2 is 1.94 bits per heavy atom. The number of ether oxygens (including phenoxy) is 1. The van der Waals surface area contributed by atoms with Gasteiger partial charge in [0.25, 0.3) is 0 Å². The molecule has 1 N–H and O–H groups in total. The highest BCUT2D eigenvalue weighted by molar-refractivity contribution is 5.92. The summed E-state index contributed by atoms with van der Waals surface area (Å²) >= 11 is 0. The first-order chi connectivity index (χ1) is 15.0. The van der Waals surface area contributed by atoms with Crippen molar-refractivity contribution < 1.29 is 27.8 Å². The van der Waals surface area contributed by atoms with Crippen molar-refractivity contribution in [2.75, 3.05) is 0 Å². The second-order valence-electron chi connectivity index (χ2n) is 9.19. The van der Waals surface area contributed by atoms with Gasteiger partial charge in [-0.05, 0) is 60.6 Å². The summed E-state index contributed by atoms with van der Waals surface area (Å²) in [6.07, 6.45) is -0.0976. The number of fused-ring (bicyclic) bond motifs is 1. The van der Waals surface area contributed by atoms with Crippen molar-refractivity contribution >= 4 is 17.0 Å². The fourth-order valence-electron chi connectivity index (χ4n) is 4.68. The number of halogens is 3. The van der Waals surface area contributed by atoms with Gasteiger partial charge in [-0.3, -0.25) is 0 Å². The number of carboxylic acids is 1. The quantitative estimate of drug-likeness (QED) is 0.495. The molecule has 1 fully saturated rings. The Hall–Kier alpha value is -3.03. The highest BCUT2D eigenvalue weighted by Crippen LogP contribution is 2.42. The van der Waals surface area contributed by atoms with Crippen molar-refractivity contribution in [3.05, 3.63) is 59.4 Å². The summed E-state index contributed by atoms with van der Waals surface area (Å²) < 4.78 is 43.5. The van der Waals surface area contributed by atoms with Gasteiger partial charge in [0, 0.05) is 12.5 Å². The third-order valence-electron chi connectivity index (χ3n) is 6.07. The van der Waals surface area contributed by atoms with Gasteiger partial charge in [-0.2, -0.15) is 0 Å². The molecule has 5 nitrogen and oxygen atoms in total. The summed E-state index contributed by atoms with van der Waals surface area (Å²) in [4.78, 5) is 16.2. The van der Waals surface area contributed by atoms with Crippen LogP contribution in [-0.2, 0) is 6.42 Å². The van der Waals surface area contributed by atoms with Crippen molar-refractivity contribution in [3.8, 4) is 5.75 Å². The predicted octanol–water partition coefficient (Wildman–Crippen LogP) is 6.37. The zero-order valence-electron chi connectivity index (χ0n) is 17.9. The number of hydrogen-bond donors (Lipinski definition) is 1. The summed E-state index contributed by atoms with van der Waals surface area (Å²) in [5.41, 5.74) is 2.65. The Balaban J connectivity index is 1.71. The van der Waals surface area contributed by atoms with Gasteiger partial charge in [-0.25, -0.2) is 9.78 Å². The zero-order valence-corrected chi connectivity index (χ0v) is 17.9. The minimum atomic E-state index is -4.73. The van der Waals surface area contributed by atoms with E-state index in [1.807, 2.05) is 0 Å². The molecule has 1 atom stereocenters. The summed E-state index contributed by atoms with van der Waals surface area (Å²) in [6, 6.07) is 11.0. The van der Waals surface area contributed by atoms with Gasteiger partial charge in [0.2, 0.25) is 0 Å². The predicted molar refractivity (Wildman–Crippen MR) is 114 cm³/mol. The van der Waals surface area contributed by atoms with E-state index in [1.54, 1.807) is 30.3 Å². The number of aromatic carboxylic acids is 1. The van der Waals surface area contributed by atoms with Crippen LogP contribution in [-0.4, -0.2) is 27.0 Å². The molecule has 0 saturated heterocycles. The van der Waals surface area contributed by atoms with Crippen LogP contribution in [0.25, 0.3) is 11.0 Å². The SMILES string of the molecule is CC1(C)CCC[C@H](n2c(Cc3ccc(OC(F)(F)F)cc3)nc3cc(C(=O)O)ccc32)C1. The summed E-state index contributed by atoms with van der Waals surface area (Å²) in [7, 11) is 0. The smallest absolute Gasteiger partial charge is 0.478 e. The number of carbonyl (C=O) groups is 1. The van der Waals surface area contributed by atoms with E-state index in [2.05, 4.69) is 23.2 Å². The normalized spacial score (nSPS) is 18.6. The lowest BCUT2D eigenvalue weighted by molar-refractivity contribution is -0.274. The van der Waals surface area contributed by atoms with Crippen molar-refractivity contribution in [1.82, 2.24) is 9.55 Å². The first kappa shape index (κ1) is 22.2. The van der Waals surface area contributed by atoms with Crippen LogP contribution in [0.5, 0.6) is 5.75 Å². The Morgan fingerprint density at radius 1 is 1.22 bits per heavy atom. The van der Waals surface area contributed by atoms with E-state index in [-0.39, 0.29) is 22.8 Å². The molecule has 1 aliphatic carbocycles. The minimum absolute atomic E-state index is 0.173. The molecule has 170 valence electrons. The summed E-state index contributed by atoms with van der Waals surface area (Å²) in [5.74, 6) is -0.508. The zero-order chi connectivity index (χ0) is 23.1. The van der Waals surface area contributed by atoms with Gasteiger partial charge in [-0.15, -0.1) is 13.2 Å². The molecule has 0 unspecified atom stereocenters. The summed E-state index contributed by atoms with van der Waals surface area (Å²) in [5, 5.41) is 9.35. The fraction of sp³-hybridized carbons (Fsp3) is 0.417. The average Bonchev–Trinajstić information content (AvgIpc) is 3.04. The van der Waals surface area contributed by atoms with Crippen molar-refractivity contribution in [2.24, 2.45) is 5.41 Å². The van der Waals surface area contributed by atoms with E-state index in [1.165, 1.54) is 12.1 Å². The van der Waals surface area contributed by atoms with E-state index in [0.29, 0.717) is 11.9 Å². The Labute approximate surface area is 183 Å². The number of alkyl halides is 3. The van der Waals surface area contributed by atoms with Crippen LogP contribution < -0.4 is 4.74 Å². The lowest BCUT2D eigenvalue weighted by Crippen LogP contribution is -2.26. The van der Waals surface area contributed by atoms with Gasteiger partial charge >= 0.3 is 12.3 Å². The van der Waals surface area contributed by atoms with E-state index in [0.717, 1.165) is 42.6 Å². The van der Waals surface area contributed by atoms with Crippen molar-refractivity contribution in [2.45, 2.75) is 58.4 Å². The highest BCUT2D eigenvalue weighted by atomic mass is 19.4. The lowest BCUT2D eigenvalue weighted by atomic mass is 9.75. The molecular weight excluding hydrogens is 421 g/mol. The molecule has 1 saturated carbocycles. The monoisotopic (exact) mass is 446 g/mol. The van der Waals surface area contributed by atoms with Gasteiger partial charge < -0.3 is 14.4 Å². The minimum Gasteiger partial charge on any atom is -0.478 e. The molecule has 3 aromatic rings. The molecule has 8 heteroatoms. The third kappa shape index (κ3) is 4.89.